The van der Waals surface area contributed by atoms with Gasteiger partial charge in [0.05, 0.1) is 28.8 Å². The summed E-state index contributed by atoms with van der Waals surface area (Å²) >= 11 is 1.37. The highest BCUT2D eigenvalue weighted by Crippen LogP contribution is 2.39. The maximum absolute atomic E-state index is 13.2. The quantitative estimate of drug-likeness (QED) is 0.491. The van der Waals surface area contributed by atoms with Gasteiger partial charge in [-0.3, -0.25) is 9.52 Å². The number of methoxy groups -OCH3 is 1. The minimum absolute atomic E-state index is 0.0993. The predicted octanol–water partition coefficient (Wildman–Crippen LogP) is 4.78. The number of ether oxygens (including phenoxy) is 1. The molecule has 1 heterocycles. The van der Waals surface area contributed by atoms with Crippen molar-refractivity contribution in [2.24, 2.45) is 0 Å². The number of hydrogen-bond donors (Lipinski definition) is 2. The molecule has 33 heavy (non-hydrogen) atoms. The SMILES string of the molecule is COC(=O)c1c(NC(=O)c2ccccc2NS(=O)(=O)c2ccc(C)cc2)sc2c1CCCC2. The van der Waals surface area contributed by atoms with E-state index in [1.54, 1.807) is 24.3 Å². The lowest BCUT2D eigenvalue weighted by atomic mass is 9.95. The van der Waals surface area contributed by atoms with E-state index in [0.717, 1.165) is 41.7 Å². The number of amides is 1. The van der Waals surface area contributed by atoms with Gasteiger partial charge in [-0.2, -0.15) is 0 Å². The molecule has 1 aliphatic rings. The monoisotopic (exact) mass is 484 g/mol. The number of aryl methyl sites for hydroxylation is 2. The van der Waals surface area contributed by atoms with Gasteiger partial charge in [-0.25, -0.2) is 13.2 Å². The lowest BCUT2D eigenvalue weighted by Crippen LogP contribution is -2.19. The molecule has 0 saturated heterocycles. The first-order chi connectivity index (χ1) is 15.8. The van der Waals surface area contributed by atoms with Gasteiger partial charge in [0.15, 0.2) is 0 Å². The minimum Gasteiger partial charge on any atom is -0.465 e. The number of thiophene rings is 1. The van der Waals surface area contributed by atoms with E-state index in [-0.39, 0.29) is 16.1 Å². The Labute approximate surface area is 196 Å². The summed E-state index contributed by atoms with van der Waals surface area (Å²) in [5.41, 5.74) is 2.56. The Hall–Kier alpha value is -3.17. The highest BCUT2D eigenvalue weighted by molar-refractivity contribution is 7.92. The van der Waals surface area contributed by atoms with Crippen LogP contribution in [0.4, 0.5) is 10.7 Å². The smallest absolute Gasteiger partial charge is 0.341 e. The molecule has 3 aromatic rings. The molecule has 2 N–H and O–H groups in total. The molecular weight excluding hydrogens is 460 g/mol. The van der Waals surface area contributed by atoms with E-state index in [0.29, 0.717) is 10.6 Å². The molecule has 9 heteroatoms. The van der Waals surface area contributed by atoms with Gasteiger partial charge in [0.25, 0.3) is 15.9 Å². The van der Waals surface area contributed by atoms with E-state index in [2.05, 4.69) is 10.0 Å². The van der Waals surface area contributed by atoms with Crippen LogP contribution in [0.15, 0.2) is 53.4 Å². The van der Waals surface area contributed by atoms with Gasteiger partial charge >= 0.3 is 5.97 Å². The lowest BCUT2D eigenvalue weighted by Gasteiger charge is -2.13. The van der Waals surface area contributed by atoms with Crippen LogP contribution in [0.3, 0.4) is 0 Å². The average molecular weight is 485 g/mol. The summed E-state index contributed by atoms with van der Waals surface area (Å²) < 4.78 is 33.2. The molecule has 4 rings (SSSR count). The third-order valence-corrected chi connectivity index (χ3v) is 8.12. The number of hydrogen-bond acceptors (Lipinski definition) is 6. The van der Waals surface area contributed by atoms with Crippen molar-refractivity contribution in [2.45, 2.75) is 37.5 Å². The van der Waals surface area contributed by atoms with E-state index in [4.69, 9.17) is 4.74 Å². The minimum atomic E-state index is -3.89. The highest BCUT2D eigenvalue weighted by Gasteiger charge is 2.28. The fourth-order valence-electron chi connectivity index (χ4n) is 3.83. The predicted molar refractivity (Wildman–Crippen MR) is 129 cm³/mol. The van der Waals surface area contributed by atoms with Gasteiger partial charge in [0.2, 0.25) is 0 Å². The van der Waals surface area contributed by atoms with E-state index in [1.807, 2.05) is 6.92 Å². The molecule has 1 aliphatic carbocycles. The summed E-state index contributed by atoms with van der Waals surface area (Å²) in [4.78, 5) is 26.8. The number of nitrogens with one attached hydrogen (secondary N) is 2. The van der Waals surface area contributed by atoms with Crippen LogP contribution in [-0.4, -0.2) is 27.4 Å². The van der Waals surface area contributed by atoms with Crippen LogP contribution in [-0.2, 0) is 27.6 Å². The Morgan fingerprint density at radius 2 is 1.70 bits per heavy atom. The number of benzene rings is 2. The van der Waals surface area contributed by atoms with Crippen molar-refractivity contribution in [3.63, 3.8) is 0 Å². The molecule has 0 fully saturated rings. The Morgan fingerprint density at radius 3 is 2.42 bits per heavy atom. The van der Waals surface area contributed by atoms with Gasteiger partial charge < -0.3 is 10.1 Å². The van der Waals surface area contributed by atoms with Crippen LogP contribution in [0, 0.1) is 6.92 Å². The summed E-state index contributed by atoms with van der Waals surface area (Å²) in [6, 6.07) is 12.8. The molecule has 2 aromatic carbocycles. The number of esters is 1. The van der Waals surface area contributed by atoms with Crippen LogP contribution in [0.2, 0.25) is 0 Å². The molecule has 172 valence electrons. The van der Waals surface area contributed by atoms with Crippen molar-refractivity contribution < 1.29 is 22.7 Å². The number of rotatable bonds is 6. The first-order valence-electron chi connectivity index (χ1n) is 10.5. The van der Waals surface area contributed by atoms with E-state index in [9.17, 15) is 18.0 Å². The van der Waals surface area contributed by atoms with Crippen LogP contribution in [0.5, 0.6) is 0 Å². The van der Waals surface area contributed by atoms with Crippen LogP contribution >= 0.6 is 11.3 Å². The zero-order valence-corrected chi connectivity index (χ0v) is 19.9. The molecule has 1 amide bonds. The maximum Gasteiger partial charge on any atom is 0.341 e. The number of sulfonamides is 1. The van der Waals surface area contributed by atoms with Crippen molar-refractivity contribution in [3.8, 4) is 0 Å². The summed E-state index contributed by atoms with van der Waals surface area (Å²) in [6.45, 7) is 1.87. The Bertz CT molecular complexity index is 1310. The van der Waals surface area contributed by atoms with Crippen molar-refractivity contribution in [1.29, 1.82) is 0 Å². The molecular formula is C24H24N2O5S2. The second-order valence-corrected chi connectivity index (χ2v) is 10.6. The van der Waals surface area contributed by atoms with Gasteiger partial charge in [0.1, 0.15) is 5.00 Å². The topological polar surface area (TPSA) is 102 Å². The van der Waals surface area contributed by atoms with E-state index in [1.165, 1.54) is 42.7 Å². The third kappa shape index (κ3) is 4.79. The second kappa shape index (κ2) is 9.36. The highest BCUT2D eigenvalue weighted by atomic mass is 32.2. The largest absolute Gasteiger partial charge is 0.465 e. The molecule has 0 bridgehead atoms. The second-order valence-electron chi connectivity index (χ2n) is 7.82. The molecule has 0 aliphatic heterocycles. The summed E-state index contributed by atoms with van der Waals surface area (Å²) in [5, 5.41) is 3.24. The molecule has 0 saturated carbocycles. The Balaban J connectivity index is 1.64. The normalized spacial score (nSPS) is 13.2. The molecule has 1 aromatic heterocycles. The van der Waals surface area contributed by atoms with E-state index < -0.39 is 21.9 Å². The number of para-hydroxylation sites is 1. The first-order valence-corrected chi connectivity index (χ1v) is 12.8. The van der Waals surface area contributed by atoms with Crippen molar-refractivity contribution in [1.82, 2.24) is 0 Å². The number of carbonyl (C=O) groups is 2. The number of anilines is 2. The third-order valence-electron chi connectivity index (χ3n) is 5.54. The molecule has 0 radical (unpaired) electrons. The van der Waals surface area contributed by atoms with Crippen LogP contribution < -0.4 is 10.0 Å². The van der Waals surface area contributed by atoms with Gasteiger partial charge in [-0.05, 0) is 62.4 Å². The number of carbonyl (C=O) groups excluding carboxylic acids is 2. The fourth-order valence-corrected chi connectivity index (χ4v) is 6.19. The molecule has 7 nitrogen and oxygen atoms in total. The van der Waals surface area contributed by atoms with Crippen molar-refractivity contribution in [3.05, 3.63) is 75.7 Å². The summed E-state index contributed by atoms with van der Waals surface area (Å²) in [7, 11) is -2.57. The Morgan fingerprint density at radius 1 is 1.00 bits per heavy atom. The number of fused-ring (bicyclic) bond motifs is 1. The molecule has 0 spiro atoms. The van der Waals surface area contributed by atoms with Crippen LogP contribution in [0.1, 0.15) is 49.6 Å². The van der Waals surface area contributed by atoms with Crippen molar-refractivity contribution in [2.75, 3.05) is 17.1 Å². The average Bonchev–Trinajstić information content (AvgIpc) is 3.16. The standard InChI is InChI=1S/C24H24N2O5S2/c1-15-11-13-16(14-12-15)33(29,30)26-19-9-5-3-7-17(19)22(27)25-23-21(24(28)31-2)18-8-4-6-10-20(18)32-23/h3,5,7,9,11-14,26H,4,6,8,10H2,1-2H3,(H,25,27). The van der Waals surface area contributed by atoms with Crippen molar-refractivity contribution >= 4 is 43.9 Å². The zero-order chi connectivity index (χ0) is 23.6. The summed E-state index contributed by atoms with van der Waals surface area (Å²) in [6.07, 6.45) is 3.63. The first kappa shape index (κ1) is 23.0. The van der Waals surface area contributed by atoms with E-state index >= 15 is 0 Å². The van der Waals surface area contributed by atoms with Gasteiger partial charge in [-0.15, -0.1) is 11.3 Å². The fraction of sp³-hybridized carbons (Fsp3) is 0.250. The zero-order valence-electron chi connectivity index (χ0n) is 18.3. The summed E-state index contributed by atoms with van der Waals surface area (Å²) in [5.74, 6) is -1.00. The van der Waals surface area contributed by atoms with Gasteiger partial charge in [-0.1, -0.05) is 29.8 Å². The molecule has 0 atom stereocenters. The lowest BCUT2D eigenvalue weighted by molar-refractivity contribution is 0.0601. The Kier molecular flexibility index (Phi) is 6.53. The maximum atomic E-state index is 13.2. The van der Waals surface area contributed by atoms with Crippen LogP contribution in [0.25, 0.3) is 0 Å². The van der Waals surface area contributed by atoms with Gasteiger partial charge in [0, 0.05) is 4.88 Å². The molecule has 0 unspecified atom stereocenters.